The van der Waals surface area contributed by atoms with Crippen LogP contribution in [-0.4, -0.2) is 35.6 Å². The molecule has 0 aliphatic carbocycles. The summed E-state index contributed by atoms with van der Waals surface area (Å²) < 4.78 is 40.0. The smallest absolute Gasteiger partial charge is 0.365 e. The molecule has 1 heterocycles. The molecule has 0 radical (unpaired) electrons. The molecular formula is C10H16F3N3OS. The van der Waals surface area contributed by atoms with Gasteiger partial charge in [0.15, 0.2) is 0 Å². The predicted molar refractivity (Wildman–Crippen MR) is 62.5 cm³/mol. The van der Waals surface area contributed by atoms with E-state index in [1.54, 1.807) is 0 Å². The minimum Gasteiger partial charge on any atom is -0.365 e. The molecule has 0 saturated carbocycles. The van der Waals surface area contributed by atoms with Gasteiger partial charge in [0.05, 0.1) is 0 Å². The molecule has 0 unspecified atom stereocenters. The van der Waals surface area contributed by atoms with E-state index in [2.05, 4.69) is 20.3 Å². The van der Waals surface area contributed by atoms with E-state index in [0.29, 0.717) is 11.0 Å². The zero-order valence-corrected chi connectivity index (χ0v) is 11.1. The molecular weight excluding hydrogens is 267 g/mol. The second-order valence-electron chi connectivity index (χ2n) is 4.06. The Balaban J connectivity index is 2.26. The second-order valence-corrected chi connectivity index (χ2v) is 5.20. The third-order valence-electron chi connectivity index (χ3n) is 1.89. The fourth-order valence-electron chi connectivity index (χ4n) is 1.17. The Morgan fingerprint density at radius 2 is 1.94 bits per heavy atom. The number of nitrogens with zero attached hydrogens (tertiary/aromatic N) is 2. The first kappa shape index (κ1) is 15.3. The Hall–Kier alpha value is -0.730. The summed E-state index contributed by atoms with van der Waals surface area (Å²) in [6.45, 7) is 3.45. The highest BCUT2D eigenvalue weighted by Gasteiger charge is 2.27. The Kier molecular flexibility index (Phi) is 5.97. The maximum Gasteiger partial charge on any atom is 0.411 e. The topological polar surface area (TPSA) is 47.0 Å². The molecule has 18 heavy (non-hydrogen) atoms. The highest BCUT2D eigenvalue weighted by atomic mass is 32.1. The van der Waals surface area contributed by atoms with Gasteiger partial charge in [-0.1, -0.05) is 25.2 Å². The van der Waals surface area contributed by atoms with Gasteiger partial charge in [0, 0.05) is 19.0 Å². The summed E-state index contributed by atoms with van der Waals surface area (Å²) in [5, 5.41) is 12.2. The van der Waals surface area contributed by atoms with Crippen molar-refractivity contribution in [2.75, 3.05) is 13.2 Å². The molecule has 4 nitrogen and oxygen atoms in total. The quantitative estimate of drug-likeness (QED) is 0.833. The molecule has 0 aliphatic rings. The van der Waals surface area contributed by atoms with Gasteiger partial charge < -0.3 is 10.1 Å². The largest absolute Gasteiger partial charge is 0.411 e. The van der Waals surface area contributed by atoms with Crippen molar-refractivity contribution >= 4 is 11.3 Å². The van der Waals surface area contributed by atoms with Crippen molar-refractivity contribution < 1.29 is 17.9 Å². The molecule has 0 aliphatic heterocycles. The monoisotopic (exact) mass is 283 g/mol. The Morgan fingerprint density at radius 1 is 1.28 bits per heavy atom. The molecule has 0 amide bonds. The molecule has 0 fully saturated rings. The third kappa shape index (κ3) is 6.87. The van der Waals surface area contributed by atoms with E-state index in [9.17, 15) is 13.2 Å². The molecule has 0 saturated heterocycles. The number of alkyl halides is 3. The summed E-state index contributed by atoms with van der Waals surface area (Å²) in [5.74, 6) is 0. The van der Waals surface area contributed by atoms with E-state index in [1.807, 2.05) is 13.8 Å². The normalized spacial score (nSPS) is 12.3. The molecule has 0 aromatic carbocycles. The SMILES string of the molecule is CC(C)NCCc1nnc(COCC(F)(F)F)s1. The van der Waals surface area contributed by atoms with Gasteiger partial charge in [-0.05, 0) is 0 Å². The first-order valence-electron chi connectivity index (χ1n) is 5.56. The number of rotatable bonds is 7. The van der Waals surface area contributed by atoms with Crippen molar-refractivity contribution in [1.29, 1.82) is 0 Å². The van der Waals surface area contributed by atoms with E-state index < -0.39 is 12.8 Å². The average Bonchev–Trinajstić information content (AvgIpc) is 2.63. The van der Waals surface area contributed by atoms with Crippen molar-refractivity contribution in [3.63, 3.8) is 0 Å². The lowest BCUT2D eigenvalue weighted by atomic mass is 10.3. The van der Waals surface area contributed by atoms with Crippen molar-refractivity contribution in [1.82, 2.24) is 15.5 Å². The minimum atomic E-state index is -4.30. The first-order valence-corrected chi connectivity index (χ1v) is 6.37. The Labute approximate surface area is 108 Å². The van der Waals surface area contributed by atoms with Crippen LogP contribution in [0, 0.1) is 0 Å². The molecule has 1 aromatic heterocycles. The number of ether oxygens (including phenoxy) is 1. The summed E-state index contributed by atoms with van der Waals surface area (Å²) in [6, 6.07) is 0.396. The summed E-state index contributed by atoms with van der Waals surface area (Å²) in [4.78, 5) is 0. The summed E-state index contributed by atoms with van der Waals surface area (Å²) in [6.07, 6.45) is -3.58. The van der Waals surface area contributed by atoms with Gasteiger partial charge >= 0.3 is 6.18 Å². The Morgan fingerprint density at radius 3 is 2.56 bits per heavy atom. The van der Waals surface area contributed by atoms with Gasteiger partial charge in [-0.25, -0.2) is 0 Å². The molecule has 1 rings (SSSR count). The van der Waals surface area contributed by atoms with E-state index >= 15 is 0 Å². The first-order chi connectivity index (χ1) is 8.37. The van der Waals surface area contributed by atoms with Gasteiger partial charge in [-0.2, -0.15) is 13.2 Å². The minimum absolute atomic E-state index is 0.144. The molecule has 8 heteroatoms. The van der Waals surface area contributed by atoms with Gasteiger partial charge in [-0.3, -0.25) is 0 Å². The molecule has 0 spiro atoms. The number of halogens is 3. The highest BCUT2D eigenvalue weighted by Crippen LogP contribution is 2.17. The zero-order chi connectivity index (χ0) is 13.6. The van der Waals surface area contributed by atoms with Crippen LogP contribution in [0.5, 0.6) is 0 Å². The molecule has 104 valence electrons. The van der Waals surface area contributed by atoms with Crippen molar-refractivity contribution in [3.8, 4) is 0 Å². The number of hydrogen-bond acceptors (Lipinski definition) is 5. The summed E-state index contributed by atoms with van der Waals surface area (Å²) in [7, 11) is 0. The van der Waals surface area contributed by atoms with Crippen LogP contribution >= 0.6 is 11.3 Å². The summed E-state index contributed by atoms with van der Waals surface area (Å²) in [5.41, 5.74) is 0. The zero-order valence-electron chi connectivity index (χ0n) is 10.3. The van der Waals surface area contributed by atoms with E-state index in [0.717, 1.165) is 18.0 Å². The van der Waals surface area contributed by atoms with Crippen LogP contribution in [0.3, 0.4) is 0 Å². The number of hydrogen-bond donors (Lipinski definition) is 1. The Bertz CT molecular complexity index is 354. The molecule has 0 bridgehead atoms. The van der Waals surface area contributed by atoms with Crippen LogP contribution in [0.15, 0.2) is 0 Å². The lowest BCUT2D eigenvalue weighted by Gasteiger charge is -2.05. The lowest BCUT2D eigenvalue weighted by molar-refractivity contribution is -0.176. The molecule has 1 N–H and O–H groups in total. The summed E-state index contributed by atoms with van der Waals surface area (Å²) >= 11 is 1.28. The van der Waals surface area contributed by atoms with Gasteiger partial charge in [-0.15, -0.1) is 10.2 Å². The van der Waals surface area contributed by atoms with Gasteiger partial charge in [0.1, 0.15) is 23.2 Å². The third-order valence-corrected chi connectivity index (χ3v) is 2.85. The second kappa shape index (κ2) is 7.01. The van der Waals surface area contributed by atoms with Crippen LogP contribution in [0.2, 0.25) is 0 Å². The van der Waals surface area contributed by atoms with E-state index in [4.69, 9.17) is 0 Å². The van der Waals surface area contributed by atoms with Crippen LogP contribution in [0.4, 0.5) is 13.2 Å². The fraction of sp³-hybridized carbons (Fsp3) is 0.800. The lowest BCUT2D eigenvalue weighted by Crippen LogP contribution is -2.24. The van der Waals surface area contributed by atoms with Crippen LogP contribution in [0.1, 0.15) is 23.9 Å². The van der Waals surface area contributed by atoms with Crippen molar-refractivity contribution in [3.05, 3.63) is 10.0 Å². The van der Waals surface area contributed by atoms with Gasteiger partial charge in [0.2, 0.25) is 0 Å². The fourth-order valence-corrected chi connectivity index (χ4v) is 1.95. The van der Waals surface area contributed by atoms with E-state index in [-0.39, 0.29) is 6.61 Å². The van der Waals surface area contributed by atoms with Crippen molar-refractivity contribution in [2.24, 2.45) is 0 Å². The maximum atomic E-state index is 11.8. The average molecular weight is 283 g/mol. The molecule has 1 aromatic rings. The van der Waals surface area contributed by atoms with Crippen LogP contribution < -0.4 is 5.32 Å². The van der Waals surface area contributed by atoms with Crippen LogP contribution in [0.25, 0.3) is 0 Å². The van der Waals surface area contributed by atoms with Crippen LogP contribution in [-0.2, 0) is 17.8 Å². The number of aromatic nitrogens is 2. The standard InChI is InChI=1S/C10H16F3N3OS/c1-7(2)14-4-3-8-15-16-9(18-8)5-17-6-10(11,12)13/h7,14H,3-6H2,1-2H3. The maximum absolute atomic E-state index is 11.8. The highest BCUT2D eigenvalue weighted by molar-refractivity contribution is 7.11. The van der Waals surface area contributed by atoms with E-state index in [1.165, 1.54) is 11.3 Å². The number of nitrogens with one attached hydrogen (secondary N) is 1. The molecule has 0 atom stereocenters. The predicted octanol–water partition coefficient (Wildman–Crippen LogP) is 2.16. The van der Waals surface area contributed by atoms with Crippen molar-refractivity contribution in [2.45, 2.75) is 39.1 Å². The van der Waals surface area contributed by atoms with Gasteiger partial charge in [0.25, 0.3) is 0 Å².